The van der Waals surface area contributed by atoms with Gasteiger partial charge in [-0.15, -0.1) is 0 Å². The first-order valence-corrected chi connectivity index (χ1v) is 23.0. The van der Waals surface area contributed by atoms with Crippen LogP contribution in [0.1, 0.15) is 200 Å². The molecule has 0 fully saturated rings. The summed E-state index contributed by atoms with van der Waals surface area (Å²) in [7, 11) is 5.53. The molecule has 0 heterocycles. The number of esters is 2. The first-order valence-electron chi connectivity index (χ1n) is 23.0. The van der Waals surface area contributed by atoms with Gasteiger partial charge in [-0.3, -0.25) is 9.59 Å². The largest absolute Gasteiger partial charge is 0.477 e. The summed E-state index contributed by atoms with van der Waals surface area (Å²) in [5, 5.41) is 9.61. The molecule has 0 amide bonds. The van der Waals surface area contributed by atoms with Crippen molar-refractivity contribution in [3.8, 4) is 0 Å². The third kappa shape index (κ3) is 37.1. The van der Waals surface area contributed by atoms with Gasteiger partial charge in [-0.2, -0.15) is 0 Å². The minimum atomic E-state index is -0.875. The highest BCUT2D eigenvalue weighted by Gasteiger charge is 2.31. The highest BCUT2D eigenvalue weighted by molar-refractivity contribution is 5.72. The van der Waals surface area contributed by atoms with E-state index in [1.165, 1.54) is 109 Å². The SMILES string of the molecule is CCCCC/C=C/C/C=C/C/C=C/CCCCCCCCCCCC(=O)OC(COCCC(C(=O)O)[N+](C)(C)C)COC(=O)CCCCCCCCCCCC. The number of rotatable bonds is 41. The van der Waals surface area contributed by atoms with Gasteiger partial charge in [0.15, 0.2) is 12.1 Å². The maximum Gasteiger partial charge on any atom is 0.362 e. The number of hydrogen-bond donors (Lipinski definition) is 1. The number of ether oxygens (including phenoxy) is 3. The third-order valence-corrected chi connectivity index (χ3v) is 10.3. The predicted octanol–water partition coefficient (Wildman–Crippen LogP) is 12.6. The van der Waals surface area contributed by atoms with Gasteiger partial charge in [0.1, 0.15) is 6.61 Å². The molecular formula is C48H88NO7+. The summed E-state index contributed by atoms with van der Waals surface area (Å²) >= 11 is 0. The molecule has 0 bridgehead atoms. The summed E-state index contributed by atoms with van der Waals surface area (Å²) in [5.74, 6) is -1.47. The predicted molar refractivity (Wildman–Crippen MR) is 234 cm³/mol. The van der Waals surface area contributed by atoms with Crippen LogP contribution in [0.25, 0.3) is 0 Å². The van der Waals surface area contributed by atoms with Crippen LogP contribution in [0, 0.1) is 0 Å². The van der Waals surface area contributed by atoms with E-state index in [2.05, 4.69) is 50.3 Å². The van der Waals surface area contributed by atoms with Crippen molar-refractivity contribution in [1.82, 2.24) is 0 Å². The number of carboxylic acid groups (broad SMARTS) is 1. The second kappa shape index (κ2) is 39.4. The van der Waals surface area contributed by atoms with Crippen molar-refractivity contribution in [2.24, 2.45) is 0 Å². The molecule has 0 aromatic heterocycles. The lowest BCUT2D eigenvalue weighted by atomic mass is 10.1. The van der Waals surface area contributed by atoms with Gasteiger partial charge in [0.25, 0.3) is 0 Å². The topological polar surface area (TPSA) is 99.1 Å². The molecule has 2 atom stereocenters. The van der Waals surface area contributed by atoms with Crippen molar-refractivity contribution in [3.63, 3.8) is 0 Å². The van der Waals surface area contributed by atoms with Gasteiger partial charge in [0.2, 0.25) is 0 Å². The minimum Gasteiger partial charge on any atom is -0.477 e. The molecule has 0 saturated carbocycles. The van der Waals surface area contributed by atoms with Gasteiger partial charge in [0.05, 0.1) is 34.4 Å². The molecule has 0 spiro atoms. The van der Waals surface area contributed by atoms with Crippen LogP contribution in [0.5, 0.6) is 0 Å². The first kappa shape index (κ1) is 53.6. The van der Waals surface area contributed by atoms with Crippen LogP contribution in [0.3, 0.4) is 0 Å². The summed E-state index contributed by atoms with van der Waals surface area (Å²) in [4.78, 5) is 36.9. The molecule has 8 nitrogen and oxygen atoms in total. The number of carbonyl (C=O) groups excluding carboxylic acids is 2. The number of hydrogen-bond acceptors (Lipinski definition) is 6. The van der Waals surface area contributed by atoms with Crippen LogP contribution in [0.15, 0.2) is 36.5 Å². The second-order valence-corrected chi connectivity index (χ2v) is 16.7. The Morgan fingerprint density at radius 2 is 0.946 bits per heavy atom. The molecular weight excluding hydrogens is 703 g/mol. The third-order valence-electron chi connectivity index (χ3n) is 10.3. The fourth-order valence-electron chi connectivity index (χ4n) is 6.69. The lowest BCUT2D eigenvalue weighted by Gasteiger charge is -2.31. The molecule has 0 aromatic rings. The monoisotopic (exact) mass is 791 g/mol. The molecule has 8 heteroatoms. The molecule has 0 aliphatic heterocycles. The van der Waals surface area contributed by atoms with Gasteiger partial charge in [-0.25, -0.2) is 4.79 Å². The van der Waals surface area contributed by atoms with E-state index in [4.69, 9.17) is 14.2 Å². The van der Waals surface area contributed by atoms with E-state index < -0.39 is 18.1 Å². The van der Waals surface area contributed by atoms with E-state index >= 15 is 0 Å². The zero-order valence-electron chi connectivity index (χ0n) is 37.1. The van der Waals surface area contributed by atoms with Crippen molar-refractivity contribution < 1.29 is 38.2 Å². The standard InChI is InChI=1S/C48H87NO7/c1-6-8-10-12-14-16-18-19-20-21-22-23-24-25-26-27-28-29-31-33-35-37-39-47(51)56-44(42-54-41-40-45(48(52)53)49(3,4)5)43-55-46(50)38-36-34-32-30-17-15-13-11-9-7-2/h14,16,19-20,22-23,44-45H,6-13,15,17-18,21,24-43H2,1-5H3/p+1/b16-14+,20-19+,23-22+. The van der Waals surface area contributed by atoms with Gasteiger partial charge in [-0.05, 0) is 51.4 Å². The van der Waals surface area contributed by atoms with E-state index in [0.717, 1.165) is 57.8 Å². The summed E-state index contributed by atoms with van der Waals surface area (Å²) in [5.41, 5.74) is 0. The lowest BCUT2D eigenvalue weighted by Crippen LogP contribution is -2.50. The summed E-state index contributed by atoms with van der Waals surface area (Å²) in [6, 6.07) is -0.613. The highest BCUT2D eigenvalue weighted by atomic mass is 16.6. The number of likely N-dealkylation sites (N-methyl/N-ethyl adjacent to an activating group) is 1. The molecule has 326 valence electrons. The van der Waals surface area contributed by atoms with Gasteiger partial charge in [0, 0.05) is 19.3 Å². The van der Waals surface area contributed by atoms with Crippen molar-refractivity contribution >= 4 is 17.9 Å². The Hall–Kier alpha value is -2.45. The molecule has 0 aliphatic carbocycles. The normalized spacial score (nSPS) is 13.2. The molecule has 0 aliphatic rings. The Bertz CT molecular complexity index is 1020. The van der Waals surface area contributed by atoms with E-state index in [1.807, 2.05) is 21.1 Å². The molecule has 2 unspecified atom stereocenters. The average molecular weight is 791 g/mol. The smallest absolute Gasteiger partial charge is 0.362 e. The van der Waals surface area contributed by atoms with Crippen LogP contribution in [-0.2, 0) is 28.6 Å². The molecule has 1 N–H and O–H groups in total. The van der Waals surface area contributed by atoms with Gasteiger partial charge >= 0.3 is 17.9 Å². The van der Waals surface area contributed by atoms with Crippen molar-refractivity contribution in [2.75, 3.05) is 41.0 Å². The van der Waals surface area contributed by atoms with Crippen LogP contribution < -0.4 is 0 Å². The minimum absolute atomic E-state index is 0.0506. The zero-order valence-corrected chi connectivity index (χ0v) is 37.1. The van der Waals surface area contributed by atoms with Crippen molar-refractivity contribution in [2.45, 2.75) is 212 Å². The second-order valence-electron chi connectivity index (χ2n) is 16.7. The van der Waals surface area contributed by atoms with Crippen LogP contribution >= 0.6 is 0 Å². The number of unbranched alkanes of at least 4 members (excludes halogenated alkanes) is 21. The van der Waals surface area contributed by atoms with E-state index in [1.54, 1.807) is 0 Å². The Balaban J connectivity index is 4.24. The summed E-state index contributed by atoms with van der Waals surface area (Å²) in [6.07, 6.45) is 44.7. The number of aliphatic carboxylic acids is 1. The average Bonchev–Trinajstić information content (AvgIpc) is 3.15. The molecule has 0 aromatic carbocycles. The van der Waals surface area contributed by atoms with Gasteiger partial charge < -0.3 is 23.8 Å². The summed E-state index contributed by atoms with van der Waals surface area (Å²) < 4.78 is 17.3. The Kier molecular flexibility index (Phi) is 37.7. The van der Waals surface area contributed by atoms with Crippen LogP contribution in [0.2, 0.25) is 0 Å². The zero-order chi connectivity index (χ0) is 41.4. The fourth-order valence-corrected chi connectivity index (χ4v) is 6.69. The Morgan fingerprint density at radius 1 is 0.536 bits per heavy atom. The van der Waals surface area contributed by atoms with Gasteiger partial charge in [-0.1, -0.05) is 166 Å². The van der Waals surface area contributed by atoms with E-state index in [9.17, 15) is 19.5 Å². The Labute approximate surface area is 344 Å². The molecule has 0 rings (SSSR count). The fraction of sp³-hybridized carbons (Fsp3) is 0.812. The number of carboxylic acids is 1. The van der Waals surface area contributed by atoms with Crippen molar-refractivity contribution in [1.29, 1.82) is 0 Å². The highest BCUT2D eigenvalue weighted by Crippen LogP contribution is 2.15. The summed E-state index contributed by atoms with van der Waals surface area (Å²) in [6.45, 7) is 4.70. The number of nitrogens with zero attached hydrogens (tertiary/aromatic N) is 1. The lowest BCUT2D eigenvalue weighted by molar-refractivity contribution is -0.887. The molecule has 0 saturated heterocycles. The maximum atomic E-state index is 12.7. The number of carbonyl (C=O) groups is 3. The Morgan fingerprint density at radius 3 is 1.43 bits per heavy atom. The van der Waals surface area contributed by atoms with E-state index in [0.29, 0.717) is 19.3 Å². The number of allylic oxidation sites excluding steroid dienone is 6. The van der Waals surface area contributed by atoms with Crippen LogP contribution in [-0.4, -0.2) is 80.6 Å². The first-order chi connectivity index (χ1) is 27.1. The quantitative estimate of drug-likeness (QED) is 0.0285. The molecule has 0 radical (unpaired) electrons. The maximum absolute atomic E-state index is 12.7. The van der Waals surface area contributed by atoms with Crippen LogP contribution in [0.4, 0.5) is 0 Å². The van der Waals surface area contributed by atoms with Crippen molar-refractivity contribution in [3.05, 3.63) is 36.5 Å². The molecule has 56 heavy (non-hydrogen) atoms. The number of quaternary nitrogens is 1. The van der Waals surface area contributed by atoms with E-state index in [-0.39, 0.29) is 36.2 Å².